The van der Waals surface area contributed by atoms with Crippen molar-refractivity contribution in [3.05, 3.63) is 31.3 Å². The minimum atomic E-state index is -0.479. The number of aromatic nitrogens is 2. The highest BCUT2D eigenvalue weighted by molar-refractivity contribution is 7.20. The normalized spacial score (nSPS) is 10.8. The number of amides is 1. The number of aromatic amines is 1. The number of carbonyl (C=O) groups is 1. The molecule has 17 heavy (non-hydrogen) atoms. The molecule has 0 fully saturated rings. The van der Waals surface area contributed by atoms with Crippen molar-refractivity contribution >= 4 is 27.5 Å². The first-order valence-corrected chi connectivity index (χ1v) is 5.73. The maximum atomic E-state index is 11.9. The fourth-order valence-corrected chi connectivity index (χ4v) is 2.76. The number of thiophene rings is 1. The van der Waals surface area contributed by atoms with E-state index < -0.39 is 5.69 Å². The molecule has 0 saturated carbocycles. The minimum Gasteiger partial charge on any atom is -0.354 e. The van der Waals surface area contributed by atoms with Gasteiger partial charge < -0.3 is 5.32 Å². The van der Waals surface area contributed by atoms with E-state index in [1.54, 1.807) is 6.92 Å². The Balaban J connectivity index is 2.94. The van der Waals surface area contributed by atoms with Crippen molar-refractivity contribution in [2.24, 2.45) is 7.05 Å². The number of hydrogen-bond donors (Lipinski definition) is 2. The summed E-state index contributed by atoms with van der Waals surface area (Å²) in [5.74, 6) is -0.258. The van der Waals surface area contributed by atoms with Gasteiger partial charge in [-0.25, -0.2) is 4.79 Å². The predicted molar refractivity (Wildman–Crippen MR) is 65.8 cm³/mol. The van der Waals surface area contributed by atoms with E-state index >= 15 is 0 Å². The van der Waals surface area contributed by atoms with Gasteiger partial charge in [0.05, 0.1) is 10.3 Å². The van der Waals surface area contributed by atoms with Crippen LogP contribution in [0.1, 0.15) is 15.2 Å². The minimum absolute atomic E-state index is 0.258. The van der Waals surface area contributed by atoms with Crippen LogP contribution in [0.15, 0.2) is 9.59 Å². The van der Waals surface area contributed by atoms with E-state index in [0.717, 1.165) is 15.9 Å². The molecule has 2 heterocycles. The Morgan fingerprint density at radius 1 is 1.41 bits per heavy atom. The zero-order chi connectivity index (χ0) is 12.7. The van der Waals surface area contributed by atoms with Gasteiger partial charge in [0, 0.05) is 14.1 Å². The van der Waals surface area contributed by atoms with Crippen LogP contribution in [0, 0.1) is 6.92 Å². The molecule has 1 amide bonds. The fourth-order valence-electron chi connectivity index (χ4n) is 1.63. The summed E-state index contributed by atoms with van der Waals surface area (Å²) in [7, 11) is 2.92. The SMILES string of the molecule is CNC(=O)c1sc2[nH]c(=O)n(C)c(=O)c2c1C. The first-order valence-electron chi connectivity index (χ1n) is 4.92. The van der Waals surface area contributed by atoms with Crippen LogP contribution in [-0.2, 0) is 7.05 Å². The number of carbonyl (C=O) groups excluding carboxylic acids is 1. The van der Waals surface area contributed by atoms with Gasteiger partial charge >= 0.3 is 5.69 Å². The van der Waals surface area contributed by atoms with Crippen LogP contribution in [0.4, 0.5) is 0 Å². The second-order valence-electron chi connectivity index (χ2n) is 3.63. The molecule has 0 aliphatic carbocycles. The van der Waals surface area contributed by atoms with E-state index in [1.165, 1.54) is 14.1 Å². The molecule has 90 valence electrons. The molecule has 0 unspecified atom stereocenters. The highest BCUT2D eigenvalue weighted by Gasteiger charge is 2.18. The third kappa shape index (κ3) is 1.59. The summed E-state index contributed by atoms with van der Waals surface area (Å²) in [6.45, 7) is 1.70. The Bertz CT molecular complexity index is 723. The molecule has 0 aliphatic heterocycles. The van der Waals surface area contributed by atoms with Gasteiger partial charge in [0.2, 0.25) is 0 Å². The van der Waals surface area contributed by atoms with Gasteiger partial charge in [0.15, 0.2) is 0 Å². The largest absolute Gasteiger partial charge is 0.354 e. The quantitative estimate of drug-likeness (QED) is 0.747. The predicted octanol–water partition coefficient (Wildman–Crippen LogP) is -0.0437. The Morgan fingerprint density at radius 2 is 2.06 bits per heavy atom. The number of rotatable bonds is 1. The third-order valence-corrected chi connectivity index (χ3v) is 3.83. The first-order chi connectivity index (χ1) is 7.97. The molecule has 0 spiro atoms. The molecule has 2 aromatic rings. The van der Waals surface area contributed by atoms with Crippen LogP contribution < -0.4 is 16.6 Å². The monoisotopic (exact) mass is 253 g/mol. The van der Waals surface area contributed by atoms with Crippen molar-refractivity contribution in [2.75, 3.05) is 7.05 Å². The summed E-state index contributed by atoms with van der Waals surface area (Å²) >= 11 is 1.11. The molecule has 0 bridgehead atoms. The van der Waals surface area contributed by atoms with Crippen LogP contribution in [0.5, 0.6) is 0 Å². The van der Waals surface area contributed by atoms with Crippen LogP contribution in [0.25, 0.3) is 10.2 Å². The number of H-pyrrole nitrogens is 1. The molecule has 0 aromatic carbocycles. The van der Waals surface area contributed by atoms with Gasteiger partial charge in [-0.1, -0.05) is 0 Å². The van der Waals surface area contributed by atoms with Crippen LogP contribution in [0.3, 0.4) is 0 Å². The molecule has 0 saturated heterocycles. The Morgan fingerprint density at radius 3 is 2.65 bits per heavy atom. The smallest absolute Gasteiger partial charge is 0.329 e. The summed E-state index contributed by atoms with van der Waals surface area (Å²) in [6, 6.07) is 0. The van der Waals surface area contributed by atoms with Gasteiger partial charge in [-0.05, 0) is 12.5 Å². The van der Waals surface area contributed by atoms with Crippen LogP contribution in [-0.4, -0.2) is 22.5 Å². The van der Waals surface area contributed by atoms with E-state index in [9.17, 15) is 14.4 Å². The maximum absolute atomic E-state index is 11.9. The van der Waals surface area contributed by atoms with Crippen molar-refractivity contribution in [1.29, 1.82) is 0 Å². The second-order valence-corrected chi connectivity index (χ2v) is 4.65. The van der Waals surface area contributed by atoms with Crippen LogP contribution >= 0.6 is 11.3 Å². The number of nitrogens with one attached hydrogen (secondary N) is 2. The topological polar surface area (TPSA) is 84.0 Å². The zero-order valence-corrected chi connectivity index (χ0v) is 10.4. The molecular formula is C10H11N3O3S. The van der Waals surface area contributed by atoms with Crippen molar-refractivity contribution in [3.8, 4) is 0 Å². The molecule has 2 aromatic heterocycles. The summed E-state index contributed by atoms with van der Waals surface area (Å²) in [4.78, 5) is 38.4. The number of nitrogens with zero attached hydrogens (tertiary/aromatic N) is 1. The highest BCUT2D eigenvalue weighted by Crippen LogP contribution is 2.25. The van der Waals surface area contributed by atoms with E-state index in [-0.39, 0.29) is 11.5 Å². The average Bonchev–Trinajstić information content (AvgIpc) is 2.62. The highest BCUT2D eigenvalue weighted by atomic mass is 32.1. The van der Waals surface area contributed by atoms with Gasteiger partial charge in [-0.2, -0.15) is 0 Å². The lowest BCUT2D eigenvalue weighted by atomic mass is 10.2. The van der Waals surface area contributed by atoms with Crippen LogP contribution in [0.2, 0.25) is 0 Å². The Labute approximate surface area is 99.9 Å². The standard InChI is InChI=1S/C10H11N3O3S/c1-4-5-8(17-6(4)7(14)11-2)12-10(16)13(3)9(5)15/h1-3H3,(H,11,14)(H,12,16). The average molecular weight is 253 g/mol. The molecule has 0 radical (unpaired) electrons. The lowest BCUT2D eigenvalue weighted by Gasteiger charge is -1.97. The summed E-state index contributed by atoms with van der Waals surface area (Å²) < 4.78 is 0.996. The van der Waals surface area contributed by atoms with Crippen molar-refractivity contribution in [3.63, 3.8) is 0 Å². The van der Waals surface area contributed by atoms with E-state index in [0.29, 0.717) is 20.7 Å². The maximum Gasteiger partial charge on any atom is 0.329 e. The molecule has 6 nitrogen and oxygen atoms in total. The second kappa shape index (κ2) is 3.85. The van der Waals surface area contributed by atoms with E-state index in [1.807, 2.05) is 0 Å². The molecule has 0 aliphatic rings. The molecule has 7 heteroatoms. The lowest BCUT2D eigenvalue weighted by molar-refractivity contribution is 0.0966. The zero-order valence-electron chi connectivity index (χ0n) is 9.58. The van der Waals surface area contributed by atoms with E-state index in [4.69, 9.17) is 0 Å². The summed E-state index contributed by atoms with van der Waals surface area (Å²) in [6.07, 6.45) is 0. The number of hydrogen-bond acceptors (Lipinski definition) is 4. The third-order valence-electron chi connectivity index (χ3n) is 2.62. The van der Waals surface area contributed by atoms with Gasteiger partial charge in [0.25, 0.3) is 11.5 Å². The van der Waals surface area contributed by atoms with Crippen molar-refractivity contribution in [2.45, 2.75) is 6.92 Å². The van der Waals surface area contributed by atoms with Crippen molar-refractivity contribution in [1.82, 2.24) is 14.9 Å². The van der Waals surface area contributed by atoms with E-state index in [2.05, 4.69) is 10.3 Å². The molecular weight excluding hydrogens is 242 g/mol. The van der Waals surface area contributed by atoms with Gasteiger partial charge in [-0.3, -0.25) is 19.1 Å². The summed E-state index contributed by atoms with van der Waals surface area (Å²) in [5.41, 5.74) is -0.263. The Kier molecular flexibility index (Phi) is 2.62. The molecule has 0 atom stereocenters. The molecule has 2 N–H and O–H groups in total. The van der Waals surface area contributed by atoms with Gasteiger partial charge in [-0.15, -0.1) is 11.3 Å². The molecule has 2 rings (SSSR count). The fraction of sp³-hybridized carbons (Fsp3) is 0.300. The number of aryl methyl sites for hydroxylation is 1. The first kappa shape index (κ1) is 11.6. The lowest BCUT2D eigenvalue weighted by Crippen LogP contribution is -2.32. The summed E-state index contributed by atoms with van der Waals surface area (Å²) in [5, 5.41) is 2.90. The van der Waals surface area contributed by atoms with Crippen molar-refractivity contribution < 1.29 is 4.79 Å². The van der Waals surface area contributed by atoms with Gasteiger partial charge in [0.1, 0.15) is 4.83 Å². The Hall–Kier alpha value is -1.89. The number of fused-ring (bicyclic) bond motifs is 1.